The zero-order chi connectivity index (χ0) is 13.1. The molecule has 1 saturated carbocycles. The van der Waals surface area contributed by atoms with Gasteiger partial charge in [0.05, 0.1) is 0 Å². The molecule has 0 amide bonds. The van der Waals surface area contributed by atoms with Gasteiger partial charge < -0.3 is 5.73 Å². The summed E-state index contributed by atoms with van der Waals surface area (Å²) in [5.74, 6) is 0.641. The molecule has 2 aromatic rings. The molecule has 3 nitrogen and oxygen atoms in total. The Morgan fingerprint density at radius 2 is 1.63 bits per heavy atom. The first-order valence-corrected chi connectivity index (χ1v) is 6.87. The van der Waals surface area contributed by atoms with Crippen LogP contribution in [0.1, 0.15) is 42.7 Å². The maximum Gasteiger partial charge on any atom is 0.115 e. The predicted octanol–water partition coefficient (Wildman–Crippen LogP) is 2.99. The van der Waals surface area contributed by atoms with Crippen molar-refractivity contribution in [1.82, 2.24) is 9.97 Å². The van der Waals surface area contributed by atoms with Crippen LogP contribution in [0.3, 0.4) is 0 Å². The summed E-state index contributed by atoms with van der Waals surface area (Å²) in [6.45, 7) is 0. The number of hydrogen-bond acceptors (Lipinski definition) is 3. The van der Waals surface area contributed by atoms with E-state index >= 15 is 0 Å². The van der Waals surface area contributed by atoms with Crippen LogP contribution in [0.2, 0.25) is 0 Å². The molecule has 0 saturated heterocycles. The van der Waals surface area contributed by atoms with Crippen molar-refractivity contribution in [2.45, 2.75) is 37.1 Å². The first-order valence-electron chi connectivity index (χ1n) is 6.87. The van der Waals surface area contributed by atoms with Gasteiger partial charge in [-0.15, -0.1) is 0 Å². The van der Waals surface area contributed by atoms with Crippen LogP contribution in [-0.2, 0) is 5.54 Å². The largest absolute Gasteiger partial charge is 0.321 e. The molecule has 0 atom stereocenters. The molecule has 0 aliphatic heterocycles. The Morgan fingerprint density at radius 3 is 2.26 bits per heavy atom. The minimum atomic E-state index is -0.244. The molecule has 0 spiro atoms. The quantitative estimate of drug-likeness (QED) is 0.895. The molecule has 1 aliphatic rings. The molecular formula is C16H19N3. The number of nitrogens with zero attached hydrogens (tertiary/aromatic N) is 2. The normalized spacial score (nSPS) is 27.1. The van der Waals surface area contributed by atoms with Crippen molar-refractivity contribution < 1.29 is 0 Å². The third kappa shape index (κ3) is 2.51. The van der Waals surface area contributed by atoms with Crippen LogP contribution in [0.15, 0.2) is 49.1 Å². The van der Waals surface area contributed by atoms with Crippen molar-refractivity contribution >= 4 is 0 Å². The lowest BCUT2D eigenvalue weighted by molar-refractivity contribution is 0.275. The molecule has 1 aromatic heterocycles. The average molecular weight is 253 g/mol. The van der Waals surface area contributed by atoms with Gasteiger partial charge in [-0.1, -0.05) is 30.3 Å². The van der Waals surface area contributed by atoms with Crippen molar-refractivity contribution in [2.24, 2.45) is 5.73 Å². The molecule has 3 rings (SSSR count). The Kier molecular flexibility index (Phi) is 3.30. The number of rotatable bonds is 2. The summed E-state index contributed by atoms with van der Waals surface area (Å²) in [4.78, 5) is 8.18. The zero-order valence-electron chi connectivity index (χ0n) is 11.0. The van der Waals surface area contributed by atoms with Crippen LogP contribution < -0.4 is 5.73 Å². The summed E-state index contributed by atoms with van der Waals surface area (Å²) >= 11 is 0. The first-order chi connectivity index (χ1) is 9.28. The van der Waals surface area contributed by atoms with Gasteiger partial charge in [0, 0.05) is 23.5 Å². The van der Waals surface area contributed by atoms with E-state index in [-0.39, 0.29) is 5.54 Å². The summed E-state index contributed by atoms with van der Waals surface area (Å²) in [6, 6.07) is 10.7. The summed E-state index contributed by atoms with van der Waals surface area (Å²) in [7, 11) is 0. The van der Waals surface area contributed by atoms with Gasteiger partial charge in [0.15, 0.2) is 0 Å². The van der Waals surface area contributed by atoms with Gasteiger partial charge in [0.25, 0.3) is 0 Å². The van der Waals surface area contributed by atoms with Gasteiger partial charge in [0.2, 0.25) is 0 Å². The highest BCUT2D eigenvalue weighted by atomic mass is 14.8. The average Bonchev–Trinajstić information content (AvgIpc) is 2.50. The third-order valence-electron chi connectivity index (χ3n) is 4.28. The molecule has 2 N–H and O–H groups in total. The summed E-state index contributed by atoms with van der Waals surface area (Å²) in [5, 5.41) is 0. The molecule has 3 heteroatoms. The Hall–Kier alpha value is -1.74. The third-order valence-corrected chi connectivity index (χ3v) is 4.28. The van der Waals surface area contributed by atoms with E-state index in [4.69, 9.17) is 5.73 Å². The van der Waals surface area contributed by atoms with Crippen molar-refractivity contribution in [3.05, 3.63) is 60.2 Å². The summed E-state index contributed by atoms with van der Waals surface area (Å²) < 4.78 is 0. The highest BCUT2D eigenvalue weighted by Gasteiger charge is 2.34. The van der Waals surface area contributed by atoms with Gasteiger partial charge in [-0.25, -0.2) is 9.97 Å². The van der Waals surface area contributed by atoms with Crippen LogP contribution in [0.4, 0.5) is 0 Å². The van der Waals surface area contributed by atoms with Crippen LogP contribution in [0, 0.1) is 0 Å². The smallest absolute Gasteiger partial charge is 0.115 e. The predicted molar refractivity (Wildman–Crippen MR) is 75.5 cm³/mol. The number of aromatic nitrogens is 2. The highest BCUT2D eigenvalue weighted by molar-refractivity contribution is 5.23. The Bertz CT molecular complexity index is 516. The standard InChI is InChI=1S/C16H19N3/c17-16(15-10-18-12-19-11-15)8-6-14(7-9-16)13-4-2-1-3-5-13/h1-5,10-12,14H,6-9,17H2. The van der Waals surface area contributed by atoms with Gasteiger partial charge >= 0.3 is 0 Å². The van der Waals surface area contributed by atoms with Crippen LogP contribution in [0.5, 0.6) is 0 Å². The molecule has 0 unspecified atom stereocenters. The zero-order valence-corrected chi connectivity index (χ0v) is 11.0. The fourth-order valence-corrected chi connectivity index (χ4v) is 3.04. The Labute approximate surface area is 113 Å². The Balaban J connectivity index is 1.73. The molecule has 1 aliphatic carbocycles. The van der Waals surface area contributed by atoms with E-state index in [1.165, 1.54) is 5.56 Å². The number of benzene rings is 1. The minimum Gasteiger partial charge on any atom is -0.321 e. The van der Waals surface area contributed by atoms with Gasteiger partial charge in [-0.05, 0) is 37.2 Å². The highest BCUT2D eigenvalue weighted by Crippen LogP contribution is 2.41. The van der Waals surface area contributed by atoms with E-state index in [0.717, 1.165) is 31.2 Å². The van der Waals surface area contributed by atoms with E-state index in [9.17, 15) is 0 Å². The lowest BCUT2D eigenvalue weighted by atomic mass is 9.72. The van der Waals surface area contributed by atoms with E-state index in [1.807, 2.05) is 12.4 Å². The molecule has 0 radical (unpaired) electrons. The molecule has 19 heavy (non-hydrogen) atoms. The van der Waals surface area contributed by atoms with Gasteiger partial charge in [-0.2, -0.15) is 0 Å². The molecular weight excluding hydrogens is 234 g/mol. The van der Waals surface area contributed by atoms with E-state index in [0.29, 0.717) is 5.92 Å². The van der Waals surface area contributed by atoms with Crippen LogP contribution in [0.25, 0.3) is 0 Å². The monoisotopic (exact) mass is 253 g/mol. The SMILES string of the molecule is NC1(c2cncnc2)CCC(c2ccccc2)CC1. The van der Waals surface area contributed by atoms with E-state index < -0.39 is 0 Å². The fourth-order valence-electron chi connectivity index (χ4n) is 3.04. The Morgan fingerprint density at radius 1 is 1.00 bits per heavy atom. The van der Waals surface area contributed by atoms with Gasteiger partial charge in [-0.3, -0.25) is 0 Å². The van der Waals surface area contributed by atoms with Crippen molar-refractivity contribution in [2.75, 3.05) is 0 Å². The van der Waals surface area contributed by atoms with Crippen molar-refractivity contribution in [1.29, 1.82) is 0 Å². The lowest BCUT2D eigenvalue weighted by Crippen LogP contribution is -2.40. The second kappa shape index (κ2) is 5.10. The van der Waals surface area contributed by atoms with Gasteiger partial charge in [0.1, 0.15) is 6.33 Å². The van der Waals surface area contributed by atoms with Crippen molar-refractivity contribution in [3.63, 3.8) is 0 Å². The molecule has 98 valence electrons. The number of hydrogen-bond donors (Lipinski definition) is 1. The van der Waals surface area contributed by atoms with E-state index in [2.05, 4.69) is 40.3 Å². The second-order valence-electron chi connectivity index (χ2n) is 5.47. The van der Waals surface area contributed by atoms with E-state index in [1.54, 1.807) is 6.33 Å². The molecule has 1 fully saturated rings. The summed E-state index contributed by atoms with van der Waals surface area (Å²) in [6.07, 6.45) is 9.54. The lowest BCUT2D eigenvalue weighted by Gasteiger charge is -2.37. The summed E-state index contributed by atoms with van der Waals surface area (Å²) in [5.41, 5.74) is 8.81. The second-order valence-corrected chi connectivity index (χ2v) is 5.47. The maximum atomic E-state index is 6.54. The topological polar surface area (TPSA) is 51.8 Å². The number of nitrogens with two attached hydrogens (primary N) is 1. The molecule has 1 heterocycles. The minimum absolute atomic E-state index is 0.244. The molecule has 0 bridgehead atoms. The van der Waals surface area contributed by atoms with Crippen molar-refractivity contribution in [3.8, 4) is 0 Å². The fraction of sp³-hybridized carbons (Fsp3) is 0.375. The van der Waals surface area contributed by atoms with Crippen LogP contribution in [-0.4, -0.2) is 9.97 Å². The maximum absolute atomic E-state index is 6.54. The first kappa shape index (κ1) is 12.3. The molecule has 1 aromatic carbocycles. The van der Waals surface area contributed by atoms with Crippen LogP contribution >= 0.6 is 0 Å².